The molecule has 0 aliphatic rings. The SMILES string of the molecule is COc1ccc(NC(=O)c2ccnc(C(=O)Nc3ccc(F)cc3)c2)cc1Cl. The summed E-state index contributed by atoms with van der Waals surface area (Å²) in [7, 11) is 1.49. The van der Waals surface area contributed by atoms with Crippen molar-refractivity contribution < 1.29 is 18.7 Å². The molecule has 28 heavy (non-hydrogen) atoms. The van der Waals surface area contributed by atoms with Crippen LogP contribution in [0, 0.1) is 5.82 Å². The second-order valence-corrected chi connectivity index (χ2v) is 6.10. The van der Waals surface area contributed by atoms with Gasteiger partial charge in [-0.3, -0.25) is 14.6 Å². The lowest BCUT2D eigenvalue weighted by atomic mass is 10.2. The molecule has 0 bridgehead atoms. The predicted molar refractivity (Wildman–Crippen MR) is 105 cm³/mol. The van der Waals surface area contributed by atoms with Crippen LogP contribution in [-0.4, -0.2) is 23.9 Å². The van der Waals surface area contributed by atoms with E-state index in [1.165, 1.54) is 49.7 Å². The third kappa shape index (κ3) is 4.63. The molecule has 1 heterocycles. The molecule has 0 aliphatic heterocycles. The van der Waals surface area contributed by atoms with Gasteiger partial charge in [0.05, 0.1) is 12.1 Å². The standard InChI is InChI=1S/C20H15ClFN3O3/c1-28-18-7-6-15(11-16(18)21)25-19(26)12-8-9-23-17(10-12)20(27)24-14-4-2-13(22)3-5-14/h2-11H,1H3,(H,24,27)(H,25,26). The fourth-order valence-corrected chi connectivity index (χ4v) is 2.63. The lowest BCUT2D eigenvalue weighted by Gasteiger charge is -2.09. The number of pyridine rings is 1. The molecular weight excluding hydrogens is 385 g/mol. The van der Waals surface area contributed by atoms with Crippen LogP contribution in [0.2, 0.25) is 5.02 Å². The molecule has 3 rings (SSSR count). The van der Waals surface area contributed by atoms with Crippen LogP contribution >= 0.6 is 11.6 Å². The molecule has 0 atom stereocenters. The van der Waals surface area contributed by atoms with Crippen LogP contribution in [0.1, 0.15) is 20.8 Å². The van der Waals surface area contributed by atoms with Gasteiger partial charge in [0, 0.05) is 23.1 Å². The van der Waals surface area contributed by atoms with Gasteiger partial charge >= 0.3 is 0 Å². The van der Waals surface area contributed by atoms with Crippen molar-refractivity contribution in [1.29, 1.82) is 0 Å². The molecule has 1 aromatic heterocycles. The minimum absolute atomic E-state index is 0.0461. The molecule has 2 N–H and O–H groups in total. The Labute approximate surface area is 165 Å². The third-order valence-electron chi connectivity index (χ3n) is 3.77. The summed E-state index contributed by atoms with van der Waals surface area (Å²) >= 11 is 6.05. The monoisotopic (exact) mass is 399 g/mol. The van der Waals surface area contributed by atoms with Gasteiger partial charge < -0.3 is 15.4 Å². The molecule has 8 heteroatoms. The maximum absolute atomic E-state index is 13.0. The van der Waals surface area contributed by atoms with Gasteiger partial charge in [-0.25, -0.2) is 4.39 Å². The summed E-state index contributed by atoms with van der Waals surface area (Å²) < 4.78 is 18.0. The lowest BCUT2D eigenvalue weighted by Crippen LogP contribution is -2.17. The second kappa shape index (κ2) is 8.49. The first-order valence-corrected chi connectivity index (χ1v) is 8.52. The van der Waals surface area contributed by atoms with E-state index in [1.54, 1.807) is 18.2 Å². The molecule has 0 aliphatic carbocycles. The number of amides is 2. The number of nitrogens with one attached hydrogen (secondary N) is 2. The van der Waals surface area contributed by atoms with E-state index >= 15 is 0 Å². The molecule has 2 aromatic carbocycles. The van der Waals surface area contributed by atoms with Gasteiger partial charge in [-0.15, -0.1) is 0 Å². The van der Waals surface area contributed by atoms with Crippen molar-refractivity contribution in [3.05, 3.63) is 82.9 Å². The number of hydrogen-bond donors (Lipinski definition) is 2. The van der Waals surface area contributed by atoms with Crippen LogP contribution in [0.15, 0.2) is 60.8 Å². The van der Waals surface area contributed by atoms with E-state index < -0.39 is 17.6 Å². The van der Waals surface area contributed by atoms with Gasteiger partial charge in [-0.1, -0.05) is 11.6 Å². The van der Waals surface area contributed by atoms with Gasteiger partial charge in [0.25, 0.3) is 11.8 Å². The van der Waals surface area contributed by atoms with Gasteiger partial charge in [0.15, 0.2) is 0 Å². The highest BCUT2D eigenvalue weighted by Crippen LogP contribution is 2.27. The van der Waals surface area contributed by atoms with Crippen LogP contribution in [-0.2, 0) is 0 Å². The number of hydrogen-bond acceptors (Lipinski definition) is 4. The van der Waals surface area contributed by atoms with Gasteiger partial charge in [-0.05, 0) is 54.6 Å². The zero-order chi connectivity index (χ0) is 20.1. The highest BCUT2D eigenvalue weighted by molar-refractivity contribution is 6.32. The first-order chi connectivity index (χ1) is 13.5. The molecule has 142 valence electrons. The molecular formula is C20H15ClFN3O3. The number of ether oxygens (including phenoxy) is 1. The van der Waals surface area contributed by atoms with E-state index in [9.17, 15) is 14.0 Å². The number of methoxy groups -OCH3 is 1. The quantitative estimate of drug-likeness (QED) is 0.667. The number of aromatic nitrogens is 1. The molecule has 6 nitrogen and oxygen atoms in total. The first kappa shape index (κ1) is 19.3. The fraction of sp³-hybridized carbons (Fsp3) is 0.0500. The number of carbonyl (C=O) groups is 2. The zero-order valence-electron chi connectivity index (χ0n) is 14.7. The molecule has 0 radical (unpaired) electrons. The van der Waals surface area contributed by atoms with Crippen LogP contribution in [0.3, 0.4) is 0 Å². The van der Waals surface area contributed by atoms with Crippen LogP contribution in [0.4, 0.5) is 15.8 Å². The Balaban J connectivity index is 1.73. The molecule has 0 saturated carbocycles. The highest BCUT2D eigenvalue weighted by Gasteiger charge is 2.13. The van der Waals surface area contributed by atoms with Gasteiger partial charge in [-0.2, -0.15) is 0 Å². The van der Waals surface area contributed by atoms with E-state index in [0.717, 1.165) is 0 Å². The number of nitrogens with zero attached hydrogens (tertiary/aromatic N) is 1. The molecule has 2 amide bonds. The maximum Gasteiger partial charge on any atom is 0.274 e. The van der Waals surface area contributed by atoms with Crippen molar-refractivity contribution in [2.45, 2.75) is 0 Å². The highest BCUT2D eigenvalue weighted by atomic mass is 35.5. The Morgan fingerprint density at radius 3 is 2.32 bits per heavy atom. The summed E-state index contributed by atoms with van der Waals surface area (Å²) in [6.45, 7) is 0. The van der Waals surface area contributed by atoms with E-state index in [4.69, 9.17) is 16.3 Å². The van der Waals surface area contributed by atoms with Crippen molar-refractivity contribution in [1.82, 2.24) is 4.98 Å². The largest absolute Gasteiger partial charge is 0.495 e. The van der Waals surface area contributed by atoms with Crippen molar-refractivity contribution in [3.8, 4) is 5.75 Å². The summed E-state index contributed by atoms with van der Waals surface area (Å²) in [5.74, 6) is -0.870. The van der Waals surface area contributed by atoms with Crippen LogP contribution in [0.25, 0.3) is 0 Å². The Kier molecular flexibility index (Phi) is 5.86. The summed E-state index contributed by atoms with van der Waals surface area (Å²) in [6.07, 6.45) is 1.36. The first-order valence-electron chi connectivity index (χ1n) is 8.14. The Morgan fingerprint density at radius 1 is 0.964 bits per heavy atom. The third-order valence-corrected chi connectivity index (χ3v) is 4.06. The average molecular weight is 400 g/mol. The smallest absolute Gasteiger partial charge is 0.274 e. The fourth-order valence-electron chi connectivity index (χ4n) is 2.37. The second-order valence-electron chi connectivity index (χ2n) is 5.69. The van der Waals surface area contributed by atoms with Crippen molar-refractivity contribution in [3.63, 3.8) is 0 Å². The van der Waals surface area contributed by atoms with Crippen molar-refractivity contribution in [2.75, 3.05) is 17.7 Å². The number of halogens is 2. The zero-order valence-corrected chi connectivity index (χ0v) is 15.5. The Morgan fingerprint density at radius 2 is 1.64 bits per heavy atom. The topological polar surface area (TPSA) is 80.3 Å². The van der Waals surface area contributed by atoms with Crippen LogP contribution < -0.4 is 15.4 Å². The Hall–Kier alpha value is -3.45. The van der Waals surface area contributed by atoms with Gasteiger partial charge in [0.1, 0.15) is 17.3 Å². The average Bonchev–Trinajstić information content (AvgIpc) is 2.70. The minimum Gasteiger partial charge on any atom is -0.495 e. The summed E-state index contributed by atoms with van der Waals surface area (Å²) in [5.41, 5.74) is 1.18. The summed E-state index contributed by atoms with van der Waals surface area (Å²) in [5, 5.41) is 5.64. The Bertz CT molecular complexity index is 1030. The van der Waals surface area contributed by atoms with Crippen LogP contribution in [0.5, 0.6) is 5.75 Å². The van der Waals surface area contributed by atoms with Crippen molar-refractivity contribution >= 4 is 34.8 Å². The van der Waals surface area contributed by atoms with E-state index in [0.29, 0.717) is 22.1 Å². The number of rotatable bonds is 5. The molecule has 0 fully saturated rings. The number of anilines is 2. The van der Waals surface area contributed by atoms with Gasteiger partial charge in [0.2, 0.25) is 0 Å². The summed E-state index contributed by atoms with van der Waals surface area (Å²) in [6, 6.07) is 13.0. The molecule has 3 aromatic rings. The normalized spacial score (nSPS) is 10.2. The number of benzene rings is 2. The summed E-state index contributed by atoms with van der Waals surface area (Å²) in [4.78, 5) is 28.8. The minimum atomic E-state index is -0.520. The molecule has 0 spiro atoms. The molecule has 0 saturated heterocycles. The maximum atomic E-state index is 13.0. The van der Waals surface area contributed by atoms with E-state index in [-0.39, 0.29) is 11.3 Å². The van der Waals surface area contributed by atoms with E-state index in [1.807, 2.05) is 0 Å². The number of carbonyl (C=O) groups excluding carboxylic acids is 2. The van der Waals surface area contributed by atoms with Crippen molar-refractivity contribution in [2.24, 2.45) is 0 Å². The van der Waals surface area contributed by atoms with E-state index in [2.05, 4.69) is 15.6 Å². The molecule has 0 unspecified atom stereocenters. The lowest BCUT2D eigenvalue weighted by molar-refractivity contribution is 0.102. The predicted octanol–water partition coefficient (Wildman–Crippen LogP) is 4.39.